The Balaban J connectivity index is 2.09. The number of carbonyl (C=O) groups is 1. The van der Waals surface area contributed by atoms with Crippen LogP contribution in [0.25, 0.3) is 11.3 Å². The van der Waals surface area contributed by atoms with Crippen LogP contribution in [0.1, 0.15) is 0 Å². The average Bonchev–Trinajstić information content (AvgIpc) is 2.93. The molecule has 0 fully saturated rings. The van der Waals surface area contributed by atoms with Crippen molar-refractivity contribution in [3.63, 3.8) is 0 Å². The number of alkyl halides is 3. The second-order valence-electron chi connectivity index (χ2n) is 3.87. The molecule has 0 atom stereocenters. The zero-order valence-electron chi connectivity index (χ0n) is 10.3. The number of nitrogens with one attached hydrogen (secondary N) is 1. The van der Waals surface area contributed by atoms with Gasteiger partial charge in [-0.2, -0.15) is 13.2 Å². The molecule has 0 aliphatic carbocycles. The van der Waals surface area contributed by atoms with Gasteiger partial charge in [0.1, 0.15) is 0 Å². The van der Waals surface area contributed by atoms with Crippen LogP contribution in [0.15, 0.2) is 46.4 Å². The molecule has 0 amide bonds. The van der Waals surface area contributed by atoms with E-state index in [-0.39, 0.29) is 0 Å². The van der Waals surface area contributed by atoms with Crippen molar-refractivity contribution < 1.29 is 18.0 Å². The summed E-state index contributed by atoms with van der Waals surface area (Å²) in [6.07, 6.45) is -3.97. The van der Waals surface area contributed by atoms with Crippen molar-refractivity contribution in [2.45, 2.75) is 6.18 Å². The van der Waals surface area contributed by atoms with Gasteiger partial charge in [-0.1, -0.05) is 30.3 Å². The summed E-state index contributed by atoms with van der Waals surface area (Å²) in [6, 6.07) is 9.34. The van der Waals surface area contributed by atoms with E-state index < -0.39 is 16.4 Å². The van der Waals surface area contributed by atoms with Crippen molar-refractivity contribution >= 4 is 38.2 Å². The van der Waals surface area contributed by atoms with Gasteiger partial charge in [0.05, 0.1) is 10.2 Å². The van der Waals surface area contributed by atoms with Crippen LogP contribution >= 0.6 is 27.3 Å². The van der Waals surface area contributed by atoms with Crippen LogP contribution in [-0.2, 0) is 4.79 Å². The Morgan fingerprint density at radius 2 is 1.95 bits per heavy atom. The summed E-state index contributed by atoms with van der Waals surface area (Å²) in [5, 5.41) is 4.72. The third-order valence-electron chi connectivity index (χ3n) is 2.37. The third-order valence-corrected chi connectivity index (χ3v) is 3.73. The molecule has 0 unspecified atom stereocenters. The average molecular weight is 377 g/mol. The van der Waals surface area contributed by atoms with E-state index in [1.54, 1.807) is 5.38 Å². The van der Waals surface area contributed by atoms with E-state index in [0.29, 0.717) is 10.8 Å². The topological polar surface area (TPSA) is 42.0 Å². The Morgan fingerprint density at radius 1 is 1.29 bits per heavy atom. The van der Waals surface area contributed by atoms with Crippen LogP contribution in [0.3, 0.4) is 0 Å². The van der Waals surface area contributed by atoms with Crippen molar-refractivity contribution in [3.05, 3.63) is 46.4 Å². The summed E-state index contributed by atoms with van der Waals surface area (Å²) in [7, 11) is 0. The summed E-state index contributed by atoms with van der Waals surface area (Å²) in [5.74, 6) is -1.95. The smallest absolute Gasteiger partial charge is 0.337 e. The first-order chi connectivity index (χ1) is 9.88. The molecule has 0 saturated heterocycles. The number of hydrogen-bond donors (Lipinski definition) is 1. The molecule has 2 rings (SSSR count). The number of anilines is 1. The van der Waals surface area contributed by atoms with Gasteiger partial charge < -0.3 is 5.32 Å². The number of Topliss-reactive ketones (excluding diaryl/α,β-unsaturated/α-hetero) is 1. The molecule has 8 heteroatoms. The monoisotopic (exact) mass is 376 g/mol. The van der Waals surface area contributed by atoms with E-state index in [9.17, 15) is 18.0 Å². The Bertz CT molecular complexity index is 668. The molecular formula is C13H8BrF3N2OS. The minimum atomic E-state index is -4.91. The quantitative estimate of drug-likeness (QED) is 0.793. The fourth-order valence-electron chi connectivity index (χ4n) is 1.41. The first-order valence-electron chi connectivity index (χ1n) is 5.62. The molecule has 0 saturated carbocycles. The van der Waals surface area contributed by atoms with Crippen LogP contribution in [0.5, 0.6) is 0 Å². The number of thiazole rings is 1. The molecule has 3 nitrogen and oxygen atoms in total. The summed E-state index contributed by atoms with van der Waals surface area (Å²) in [4.78, 5) is 15.1. The lowest BCUT2D eigenvalue weighted by Crippen LogP contribution is -2.22. The highest BCUT2D eigenvalue weighted by atomic mass is 79.9. The standard InChI is InChI=1S/C13H8BrF3N2OS/c14-9(11(20)13(15,16)17)6-18-12-19-10(7-21-12)8-4-2-1-3-5-8/h1-7H,(H,18,19)/b9-6-. The first-order valence-corrected chi connectivity index (χ1v) is 7.30. The lowest BCUT2D eigenvalue weighted by Gasteiger charge is -2.03. The normalized spacial score (nSPS) is 12.3. The predicted octanol–water partition coefficient (Wildman–Crippen LogP) is 4.59. The number of halogens is 4. The van der Waals surface area contributed by atoms with Gasteiger partial charge in [-0.25, -0.2) is 4.98 Å². The number of carbonyl (C=O) groups excluding carboxylic acids is 1. The number of rotatable bonds is 4. The number of ketones is 1. The Hall–Kier alpha value is -1.67. The van der Waals surface area contributed by atoms with Gasteiger partial charge in [0, 0.05) is 17.1 Å². The van der Waals surface area contributed by atoms with Crippen molar-refractivity contribution in [1.82, 2.24) is 4.98 Å². The van der Waals surface area contributed by atoms with Crippen molar-refractivity contribution in [2.24, 2.45) is 0 Å². The van der Waals surface area contributed by atoms with E-state index in [1.165, 1.54) is 11.3 Å². The SMILES string of the molecule is O=C(/C(Br)=C/Nc1nc(-c2ccccc2)cs1)C(F)(F)F. The van der Waals surface area contributed by atoms with Crippen LogP contribution < -0.4 is 5.32 Å². The molecular weight excluding hydrogens is 369 g/mol. The highest BCUT2D eigenvalue weighted by molar-refractivity contribution is 9.12. The number of allylic oxidation sites excluding steroid dienone is 1. The first kappa shape index (κ1) is 15.7. The van der Waals surface area contributed by atoms with Crippen LogP contribution in [-0.4, -0.2) is 16.9 Å². The minimum absolute atomic E-state index is 0.390. The van der Waals surface area contributed by atoms with Gasteiger partial charge in [-0.05, 0) is 15.9 Å². The second-order valence-corrected chi connectivity index (χ2v) is 5.58. The second kappa shape index (κ2) is 6.40. The Kier molecular flexibility index (Phi) is 4.79. The van der Waals surface area contributed by atoms with Crippen LogP contribution in [0.2, 0.25) is 0 Å². The molecule has 0 aliphatic heterocycles. The lowest BCUT2D eigenvalue weighted by molar-refractivity contribution is -0.165. The largest absolute Gasteiger partial charge is 0.455 e. The molecule has 1 aromatic heterocycles. The molecule has 21 heavy (non-hydrogen) atoms. The van der Waals surface area contributed by atoms with Gasteiger partial charge in [-0.15, -0.1) is 11.3 Å². The molecule has 0 bridgehead atoms. The lowest BCUT2D eigenvalue weighted by atomic mass is 10.2. The van der Waals surface area contributed by atoms with E-state index >= 15 is 0 Å². The van der Waals surface area contributed by atoms with E-state index in [2.05, 4.69) is 26.2 Å². The summed E-state index contributed by atoms with van der Waals surface area (Å²) in [6.45, 7) is 0. The van der Waals surface area contributed by atoms with Gasteiger partial charge in [0.2, 0.25) is 0 Å². The number of nitrogens with zero attached hydrogens (tertiary/aromatic N) is 1. The molecule has 0 radical (unpaired) electrons. The molecule has 2 aromatic rings. The number of benzene rings is 1. The fraction of sp³-hybridized carbons (Fsp3) is 0.0769. The van der Waals surface area contributed by atoms with Crippen LogP contribution in [0, 0.1) is 0 Å². The maximum absolute atomic E-state index is 12.2. The predicted molar refractivity (Wildman–Crippen MR) is 79.2 cm³/mol. The highest BCUT2D eigenvalue weighted by Gasteiger charge is 2.39. The molecule has 1 N–H and O–H groups in total. The van der Waals surface area contributed by atoms with Crippen molar-refractivity contribution in [1.29, 1.82) is 0 Å². The molecule has 0 aliphatic rings. The third kappa shape index (κ3) is 4.15. The molecule has 1 aromatic carbocycles. The number of hydrogen-bond acceptors (Lipinski definition) is 4. The fourth-order valence-corrected chi connectivity index (χ4v) is 2.44. The van der Waals surface area contributed by atoms with E-state index in [0.717, 1.165) is 11.8 Å². The molecule has 1 heterocycles. The van der Waals surface area contributed by atoms with E-state index in [4.69, 9.17) is 0 Å². The summed E-state index contributed by atoms with van der Waals surface area (Å²) >= 11 is 3.82. The highest BCUT2D eigenvalue weighted by Crippen LogP contribution is 2.26. The van der Waals surface area contributed by atoms with Crippen molar-refractivity contribution in [3.8, 4) is 11.3 Å². The van der Waals surface area contributed by atoms with Gasteiger partial charge >= 0.3 is 6.18 Å². The van der Waals surface area contributed by atoms with Gasteiger partial charge in [0.15, 0.2) is 5.13 Å². The maximum atomic E-state index is 12.2. The Labute approximate surface area is 130 Å². The summed E-state index contributed by atoms with van der Waals surface area (Å²) < 4.78 is 36.0. The van der Waals surface area contributed by atoms with Crippen molar-refractivity contribution in [2.75, 3.05) is 5.32 Å². The van der Waals surface area contributed by atoms with E-state index in [1.807, 2.05) is 30.3 Å². The van der Waals surface area contributed by atoms with Crippen LogP contribution in [0.4, 0.5) is 18.3 Å². The number of aromatic nitrogens is 1. The molecule has 110 valence electrons. The zero-order valence-corrected chi connectivity index (χ0v) is 12.7. The van der Waals surface area contributed by atoms with Gasteiger partial charge in [0.25, 0.3) is 5.78 Å². The Morgan fingerprint density at radius 3 is 2.57 bits per heavy atom. The van der Waals surface area contributed by atoms with Gasteiger partial charge in [-0.3, -0.25) is 4.79 Å². The summed E-state index contributed by atoms with van der Waals surface area (Å²) in [5.41, 5.74) is 1.60. The minimum Gasteiger partial charge on any atom is -0.337 e. The zero-order chi connectivity index (χ0) is 15.5. The maximum Gasteiger partial charge on any atom is 0.455 e. The molecule has 0 spiro atoms.